The van der Waals surface area contributed by atoms with E-state index in [1.54, 1.807) is 6.26 Å². The molecule has 0 saturated heterocycles. The number of para-hydroxylation sites is 1. The fourth-order valence-electron chi connectivity index (χ4n) is 2.27. The first-order valence-corrected chi connectivity index (χ1v) is 7.18. The SMILES string of the molecule is c1coc(CNc2nc(NC3CC3)nc3ccccc23)c1. The summed E-state index contributed by atoms with van der Waals surface area (Å²) >= 11 is 0. The molecule has 2 aromatic heterocycles. The summed E-state index contributed by atoms with van der Waals surface area (Å²) in [4.78, 5) is 9.18. The number of hydrogen-bond donors (Lipinski definition) is 2. The zero-order valence-electron chi connectivity index (χ0n) is 11.5. The van der Waals surface area contributed by atoms with Crippen molar-refractivity contribution in [3.63, 3.8) is 0 Å². The highest BCUT2D eigenvalue weighted by Crippen LogP contribution is 2.26. The Bertz CT molecular complexity index is 750. The zero-order chi connectivity index (χ0) is 14.1. The van der Waals surface area contributed by atoms with Crippen LogP contribution in [0.4, 0.5) is 11.8 Å². The molecule has 21 heavy (non-hydrogen) atoms. The van der Waals surface area contributed by atoms with E-state index in [1.165, 1.54) is 12.8 Å². The zero-order valence-corrected chi connectivity index (χ0v) is 11.5. The molecule has 0 bridgehead atoms. The molecule has 1 saturated carbocycles. The molecule has 1 aliphatic carbocycles. The van der Waals surface area contributed by atoms with Crippen molar-refractivity contribution >= 4 is 22.7 Å². The average molecular weight is 280 g/mol. The highest BCUT2D eigenvalue weighted by molar-refractivity contribution is 5.90. The third-order valence-electron chi connectivity index (χ3n) is 3.52. The van der Waals surface area contributed by atoms with E-state index in [2.05, 4.69) is 20.6 Å². The minimum Gasteiger partial charge on any atom is -0.467 e. The number of rotatable bonds is 5. The van der Waals surface area contributed by atoms with Gasteiger partial charge in [0.15, 0.2) is 0 Å². The van der Waals surface area contributed by atoms with E-state index in [0.29, 0.717) is 18.5 Å². The first-order valence-electron chi connectivity index (χ1n) is 7.18. The van der Waals surface area contributed by atoms with Crippen LogP contribution in [0.15, 0.2) is 47.1 Å². The Balaban J connectivity index is 1.66. The van der Waals surface area contributed by atoms with Crippen molar-refractivity contribution in [3.8, 4) is 0 Å². The van der Waals surface area contributed by atoms with Crippen molar-refractivity contribution in [3.05, 3.63) is 48.4 Å². The van der Waals surface area contributed by atoms with E-state index in [9.17, 15) is 0 Å². The van der Waals surface area contributed by atoms with Crippen LogP contribution < -0.4 is 10.6 Å². The normalized spacial score (nSPS) is 14.3. The third kappa shape index (κ3) is 2.67. The van der Waals surface area contributed by atoms with Gasteiger partial charge >= 0.3 is 0 Å². The van der Waals surface area contributed by atoms with Gasteiger partial charge < -0.3 is 15.1 Å². The van der Waals surface area contributed by atoms with Crippen LogP contribution in [-0.4, -0.2) is 16.0 Å². The van der Waals surface area contributed by atoms with Crippen LogP contribution in [0, 0.1) is 0 Å². The topological polar surface area (TPSA) is 63.0 Å². The third-order valence-corrected chi connectivity index (χ3v) is 3.52. The number of furan rings is 1. The molecule has 1 fully saturated rings. The first-order chi connectivity index (χ1) is 10.4. The van der Waals surface area contributed by atoms with Gasteiger partial charge in [-0.25, -0.2) is 4.98 Å². The molecule has 1 aliphatic rings. The van der Waals surface area contributed by atoms with Crippen LogP contribution in [-0.2, 0) is 6.54 Å². The smallest absolute Gasteiger partial charge is 0.225 e. The molecule has 2 heterocycles. The molecule has 2 N–H and O–H groups in total. The fraction of sp³-hybridized carbons (Fsp3) is 0.250. The second-order valence-corrected chi connectivity index (χ2v) is 5.26. The summed E-state index contributed by atoms with van der Waals surface area (Å²) in [7, 11) is 0. The maximum atomic E-state index is 5.35. The molecule has 3 aromatic rings. The van der Waals surface area contributed by atoms with Crippen LogP contribution in [0.25, 0.3) is 10.9 Å². The largest absolute Gasteiger partial charge is 0.467 e. The fourth-order valence-corrected chi connectivity index (χ4v) is 2.27. The second kappa shape index (κ2) is 5.09. The first kappa shape index (κ1) is 12.2. The van der Waals surface area contributed by atoms with Crippen molar-refractivity contribution in [1.82, 2.24) is 9.97 Å². The Kier molecular flexibility index (Phi) is 2.96. The van der Waals surface area contributed by atoms with E-state index < -0.39 is 0 Å². The summed E-state index contributed by atoms with van der Waals surface area (Å²) in [5.74, 6) is 2.41. The summed E-state index contributed by atoms with van der Waals surface area (Å²) in [5, 5.41) is 7.71. The molecule has 0 unspecified atom stereocenters. The van der Waals surface area contributed by atoms with Crippen LogP contribution in [0.3, 0.4) is 0 Å². The number of nitrogens with one attached hydrogen (secondary N) is 2. The maximum Gasteiger partial charge on any atom is 0.225 e. The van der Waals surface area contributed by atoms with Crippen LogP contribution in [0.2, 0.25) is 0 Å². The van der Waals surface area contributed by atoms with Gasteiger partial charge in [0.05, 0.1) is 18.3 Å². The minimum absolute atomic E-state index is 0.532. The predicted molar refractivity (Wildman–Crippen MR) is 82.2 cm³/mol. The molecule has 5 heteroatoms. The van der Waals surface area contributed by atoms with Gasteiger partial charge in [-0.15, -0.1) is 0 Å². The van der Waals surface area contributed by atoms with Gasteiger partial charge in [0.25, 0.3) is 0 Å². The minimum atomic E-state index is 0.532. The molecule has 1 aromatic carbocycles. The molecular weight excluding hydrogens is 264 g/mol. The summed E-state index contributed by atoms with van der Waals surface area (Å²) in [6.07, 6.45) is 4.08. The lowest BCUT2D eigenvalue weighted by Crippen LogP contribution is -2.09. The lowest BCUT2D eigenvalue weighted by atomic mass is 10.2. The standard InChI is InChI=1S/C16H16N4O/c1-2-6-14-13(5-1)15(17-10-12-4-3-9-21-12)20-16(19-14)18-11-7-8-11/h1-6,9,11H,7-8,10H2,(H2,17,18,19,20). The van der Waals surface area contributed by atoms with Crippen molar-refractivity contribution in [2.75, 3.05) is 10.6 Å². The van der Waals surface area contributed by atoms with Gasteiger partial charge in [0.2, 0.25) is 5.95 Å². The van der Waals surface area contributed by atoms with Gasteiger partial charge in [0, 0.05) is 11.4 Å². The average Bonchev–Trinajstić information content (AvgIpc) is 3.16. The lowest BCUT2D eigenvalue weighted by molar-refractivity contribution is 0.518. The van der Waals surface area contributed by atoms with E-state index in [-0.39, 0.29) is 0 Å². The van der Waals surface area contributed by atoms with E-state index in [1.807, 2.05) is 36.4 Å². The molecule has 0 radical (unpaired) electrons. The number of anilines is 2. The van der Waals surface area contributed by atoms with Crippen molar-refractivity contribution in [2.45, 2.75) is 25.4 Å². The second-order valence-electron chi connectivity index (χ2n) is 5.26. The number of aromatic nitrogens is 2. The molecule has 0 spiro atoms. The molecule has 0 atom stereocenters. The number of benzene rings is 1. The Hall–Kier alpha value is -2.56. The van der Waals surface area contributed by atoms with Crippen molar-refractivity contribution in [1.29, 1.82) is 0 Å². The quantitative estimate of drug-likeness (QED) is 0.750. The van der Waals surface area contributed by atoms with Gasteiger partial charge in [0.1, 0.15) is 11.6 Å². The summed E-state index contributed by atoms with van der Waals surface area (Å²) in [5.41, 5.74) is 0.942. The Morgan fingerprint density at radius 1 is 1.10 bits per heavy atom. The predicted octanol–water partition coefficient (Wildman–Crippen LogP) is 3.41. The highest BCUT2D eigenvalue weighted by Gasteiger charge is 2.22. The Labute approximate surface area is 122 Å². The number of nitrogens with zero attached hydrogens (tertiary/aromatic N) is 2. The van der Waals surface area contributed by atoms with Crippen LogP contribution >= 0.6 is 0 Å². The van der Waals surface area contributed by atoms with Gasteiger partial charge in [-0.1, -0.05) is 12.1 Å². The molecule has 5 nitrogen and oxygen atoms in total. The molecule has 106 valence electrons. The van der Waals surface area contributed by atoms with Crippen LogP contribution in [0.5, 0.6) is 0 Å². The summed E-state index contributed by atoms with van der Waals surface area (Å²) < 4.78 is 5.35. The molecule has 0 aliphatic heterocycles. The Morgan fingerprint density at radius 3 is 2.81 bits per heavy atom. The monoisotopic (exact) mass is 280 g/mol. The van der Waals surface area contributed by atoms with E-state index >= 15 is 0 Å². The maximum absolute atomic E-state index is 5.35. The van der Waals surface area contributed by atoms with Crippen molar-refractivity contribution in [2.24, 2.45) is 0 Å². The van der Waals surface area contributed by atoms with Gasteiger partial charge in [-0.05, 0) is 37.1 Å². The van der Waals surface area contributed by atoms with Crippen molar-refractivity contribution < 1.29 is 4.42 Å². The molecule has 4 rings (SSSR count). The van der Waals surface area contributed by atoms with E-state index in [0.717, 1.165) is 22.5 Å². The number of fused-ring (bicyclic) bond motifs is 1. The Morgan fingerprint density at radius 2 is 2.00 bits per heavy atom. The highest BCUT2D eigenvalue weighted by atomic mass is 16.3. The van der Waals surface area contributed by atoms with Gasteiger partial charge in [-0.2, -0.15) is 4.98 Å². The molecular formula is C16H16N4O. The summed E-state index contributed by atoms with van der Waals surface area (Å²) in [6.45, 7) is 0.608. The van der Waals surface area contributed by atoms with Crippen LogP contribution in [0.1, 0.15) is 18.6 Å². The van der Waals surface area contributed by atoms with E-state index in [4.69, 9.17) is 4.42 Å². The summed E-state index contributed by atoms with van der Waals surface area (Å²) in [6, 6.07) is 12.4. The van der Waals surface area contributed by atoms with Gasteiger partial charge in [-0.3, -0.25) is 0 Å². The lowest BCUT2D eigenvalue weighted by Gasteiger charge is -2.10. The molecule has 0 amide bonds. The number of hydrogen-bond acceptors (Lipinski definition) is 5.